The van der Waals surface area contributed by atoms with Crippen LogP contribution >= 0.6 is 11.3 Å². The van der Waals surface area contributed by atoms with Crippen LogP contribution in [0.4, 0.5) is 0 Å². The molecule has 0 aliphatic rings. The molecule has 0 aliphatic carbocycles. The third kappa shape index (κ3) is 3.99. The third-order valence-corrected chi connectivity index (χ3v) is 5.63. The molecular formula is C21H23N3OS. The number of amides is 1. The number of aromatic nitrogens is 2. The minimum Gasteiger partial charge on any atom is -0.339 e. The monoisotopic (exact) mass is 365 g/mol. The molecule has 0 saturated heterocycles. The Morgan fingerprint density at radius 3 is 2.46 bits per heavy atom. The first kappa shape index (κ1) is 18.3. The summed E-state index contributed by atoms with van der Waals surface area (Å²) in [5.74, 6) is 0.0252. The summed E-state index contributed by atoms with van der Waals surface area (Å²) >= 11 is 1.68. The largest absolute Gasteiger partial charge is 0.339 e. The highest BCUT2D eigenvalue weighted by Crippen LogP contribution is 2.29. The van der Waals surface area contributed by atoms with Crippen molar-refractivity contribution < 1.29 is 4.79 Å². The minimum absolute atomic E-state index is 0.0252. The van der Waals surface area contributed by atoms with Crippen LogP contribution < -0.4 is 0 Å². The summed E-state index contributed by atoms with van der Waals surface area (Å²) in [6.07, 6.45) is 2.52. The molecule has 2 aromatic heterocycles. The van der Waals surface area contributed by atoms with Gasteiger partial charge in [0.25, 0.3) is 5.91 Å². The zero-order valence-electron chi connectivity index (χ0n) is 15.6. The van der Waals surface area contributed by atoms with Gasteiger partial charge in [-0.2, -0.15) is 0 Å². The molecule has 0 spiro atoms. The lowest BCUT2D eigenvalue weighted by Gasteiger charge is -2.25. The maximum Gasteiger partial charge on any atom is 0.253 e. The number of benzene rings is 1. The van der Waals surface area contributed by atoms with Crippen LogP contribution in [0, 0.1) is 13.8 Å². The first-order valence-corrected chi connectivity index (χ1v) is 9.49. The number of nitrogens with zero attached hydrogens (tertiary/aromatic N) is 3. The quantitative estimate of drug-likeness (QED) is 0.667. The van der Waals surface area contributed by atoms with Gasteiger partial charge < -0.3 is 4.90 Å². The van der Waals surface area contributed by atoms with Crippen LogP contribution in [0.3, 0.4) is 0 Å². The summed E-state index contributed by atoms with van der Waals surface area (Å²) in [5.41, 5.74) is 3.83. The average Bonchev–Trinajstić information content (AvgIpc) is 2.99. The number of hydrogen-bond acceptors (Lipinski definition) is 4. The van der Waals surface area contributed by atoms with Gasteiger partial charge in [0.15, 0.2) is 0 Å². The van der Waals surface area contributed by atoms with E-state index in [1.54, 1.807) is 22.4 Å². The van der Waals surface area contributed by atoms with Gasteiger partial charge in [-0.15, -0.1) is 11.3 Å². The molecular weight excluding hydrogens is 342 g/mol. The van der Waals surface area contributed by atoms with Crippen LogP contribution in [0.1, 0.15) is 33.7 Å². The van der Waals surface area contributed by atoms with E-state index in [2.05, 4.69) is 9.97 Å². The number of likely N-dealkylation sites (N-methyl/N-ethyl adjacent to an activating group) is 1. The zero-order chi connectivity index (χ0) is 18.7. The van der Waals surface area contributed by atoms with Crippen molar-refractivity contribution in [1.29, 1.82) is 0 Å². The molecule has 5 heteroatoms. The van der Waals surface area contributed by atoms with Gasteiger partial charge in [-0.25, -0.2) is 4.98 Å². The van der Waals surface area contributed by atoms with Crippen molar-refractivity contribution in [2.24, 2.45) is 0 Å². The number of thiazole rings is 1. The van der Waals surface area contributed by atoms with Crippen molar-refractivity contribution in [3.05, 3.63) is 70.6 Å². The molecule has 26 heavy (non-hydrogen) atoms. The van der Waals surface area contributed by atoms with Crippen molar-refractivity contribution in [2.45, 2.75) is 33.2 Å². The molecule has 1 atom stereocenters. The zero-order valence-corrected chi connectivity index (χ0v) is 16.4. The van der Waals surface area contributed by atoms with E-state index < -0.39 is 0 Å². The highest BCUT2D eigenvalue weighted by Gasteiger charge is 2.18. The molecule has 3 rings (SSSR count). The molecule has 0 unspecified atom stereocenters. The van der Waals surface area contributed by atoms with Crippen LogP contribution in [-0.4, -0.2) is 33.9 Å². The van der Waals surface area contributed by atoms with Gasteiger partial charge in [0.1, 0.15) is 0 Å². The van der Waals surface area contributed by atoms with E-state index in [4.69, 9.17) is 0 Å². The van der Waals surface area contributed by atoms with E-state index in [-0.39, 0.29) is 11.9 Å². The fourth-order valence-electron chi connectivity index (χ4n) is 2.93. The second-order valence-corrected chi connectivity index (χ2v) is 7.72. The van der Waals surface area contributed by atoms with Crippen LogP contribution in [0.2, 0.25) is 0 Å². The Labute approximate surface area is 158 Å². The normalized spacial score (nSPS) is 12.0. The number of carbonyl (C=O) groups is 1. The molecule has 3 aromatic rings. The topological polar surface area (TPSA) is 46.1 Å². The van der Waals surface area contributed by atoms with Crippen molar-refractivity contribution >= 4 is 17.2 Å². The number of hydrogen-bond donors (Lipinski definition) is 0. The lowest BCUT2D eigenvalue weighted by atomic mass is 10.1. The molecule has 2 heterocycles. The summed E-state index contributed by atoms with van der Waals surface area (Å²) in [5, 5.41) is 1.06. The van der Waals surface area contributed by atoms with Gasteiger partial charge in [0.2, 0.25) is 0 Å². The van der Waals surface area contributed by atoms with E-state index >= 15 is 0 Å². The first-order valence-electron chi connectivity index (χ1n) is 8.67. The second-order valence-electron chi connectivity index (χ2n) is 6.52. The van der Waals surface area contributed by atoms with E-state index in [0.717, 1.165) is 28.4 Å². The number of aryl methyl sites for hydroxylation is 2. The molecule has 0 N–H and O–H groups in total. The molecule has 134 valence electrons. The maximum absolute atomic E-state index is 12.8. The predicted octanol–water partition coefficient (Wildman–Crippen LogP) is 4.53. The van der Waals surface area contributed by atoms with Gasteiger partial charge in [-0.3, -0.25) is 9.78 Å². The molecule has 0 radical (unpaired) electrons. The lowest BCUT2D eigenvalue weighted by molar-refractivity contribution is 0.0743. The predicted molar refractivity (Wildman–Crippen MR) is 107 cm³/mol. The fourth-order valence-corrected chi connectivity index (χ4v) is 3.85. The Balaban J connectivity index is 1.72. The van der Waals surface area contributed by atoms with Crippen LogP contribution in [0.15, 0.2) is 48.7 Å². The highest BCUT2D eigenvalue weighted by molar-refractivity contribution is 7.15. The summed E-state index contributed by atoms with van der Waals surface area (Å²) in [6, 6.07) is 13.7. The molecule has 0 saturated carbocycles. The molecule has 0 aliphatic heterocycles. The summed E-state index contributed by atoms with van der Waals surface area (Å²) in [6.45, 7) is 6.08. The van der Waals surface area contributed by atoms with Gasteiger partial charge in [-0.05, 0) is 50.6 Å². The van der Waals surface area contributed by atoms with E-state index in [1.807, 2.05) is 70.3 Å². The number of pyridine rings is 1. The van der Waals surface area contributed by atoms with Gasteiger partial charge in [-0.1, -0.05) is 18.2 Å². The van der Waals surface area contributed by atoms with E-state index in [0.29, 0.717) is 5.56 Å². The van der Waals surface area contributed by atoms with Gasteiger partial charge >= 0.3 is 0 Å². The van der Waals surface area contributed by atoms with Gasteiger partial charge in [0, 0.05) is 37.0 Å². The smallest absolute Gasteiger partial charge is 0.253 e. The van der Waals surface area contributed by atoms with Crippen molar-refractivity contribution in [2.75, 3.05) is 7.05 Å². The Hall–Kier alpha value is -2.53. The van der Waals surface area contributed by atoms with E-state index in [9.17, 15) is 4.79 Å². The SMILES string of the molecule is Cc1nc(C)c(-c2ccc(C(=O)N(C)[C@H](C)Cc3ccccn3)cc2)s1. The third-order valence-electron chi connectivity index (χ3n) is 4.51. The molecule has 0 fully saturated rings. The van der Waals surface area contributed by atoms with Crippen molar-refractivity contribution in [1.82, 2.24) is 14.9 Å². The van der Waals surface area contributed by atoms with Crippen LogP contribution in [0.25, 0.3) is 10.4 Å². The Kier molecular flexibility index (Phi) is 5.47. The Morgan fingerprint density at radius 1 is 1.15 bits per heavy atom. The summed E-state index contributed by atoms with van der Waals surface area (Å²) in [4.78, 5) is 24.6. The number of rotatable bonds is 5. The van der Waals surface area contributed by atoms with Crippen molar-refractivity contribution in [3.8, 4) is 10.4 Å². The lowest BCUT2D eigenvalue weighted by Crippen LogP contribution is -2.36. The highest BCUT2D eigenvalue weighted by atomic mass is 32.1. The Bertz CT molecular complexity index is 887. The van der Waals surface area contributed by atoms with Crippen molar-refractivity contribution in [3.63, 3.8) is 0 Å². The average molecular weight is 366 g/mol. The van der Waals surface area contributed by atoms with Crippen LogP contribution in [0.5, 0.6) is 0 Å². The maximum atomic E-state index is 12.8. The fraction of sp³-hybridized carbons (Fsp3) is 0.286. The molecule has 1 aromatic carbocycles. The first-order chi connectivity index (χ1) is 12.5. The van der Waals surface area contributed by atoms with E-state index in [1.165, 1.54) is 4.88 Å². The second kappa shape index (κ2) is 7.79. The van der Waals surface area contributed by atoms with Gasteiger partial charge in [0.05, 0.1) is 15.6 Å². The Morgan fingerprint density at radius 2 is 1.88 bits per heavy atom. The number of carbonyl (C=O) groups excluding carboxylic acids is 1. The molecule has 4 nitrogen and oxygen atoms in total. The molecule has 1 amide bonds. The minimum atomic E-state index is 0.0252. The summed E-state index contributed by atoms with van der Waals surface area (Å²) in [7, 11) is 1.85. The standard InChI is InChI=1S/C21H23N3OS/c1-14(13-19-7-5-6-12-22-19)24(4)21(25)18-10-8-17(9-11-18)20-15(2)23-16(3)26-20/h5-12,14H,13H2,1-4H3/t14-/m1/s1. The summed E-state index contributed by atoms with van der Waals surface area (Å²) < 4.78 is 0. The van der Waals surface area contributed by atoms with Crippen LogP contribution in [-0.2, 0) is 6.42 Å². The molecule has 0 bridgehead atoms.